The summed E-state index contributed by atoms with van der Waals surface area (Å²) in [5.74, 6) is -1.08. The van der Waals surface area contributed by atoms with Crippen LogP contribution in [-0.2, 0) is 0 Å². The molecule has 1 aromatic carbocycles. The summed E-state index contributed by atoms with van der Waals surface area (Å²) in [6, 6.07) is 2.74. The minimum Gasteiger partial charge on any atom is -0.465 e. The fraction of sp³-hybridized carbons (Fsp3) is 0. The second-order valence-corrected chi connectivity index (χ2v) is 2.35. The molecular weight excluding hydrogens is 195 g/mol. The maximum Gasteiger partial charge on any atom is 0.409 e. The van der Waals surface area contributed by atoms with Crippen LogP contribution in [0.15, 0.2) is 18.2 Å². The molecule has 14 heavy (non-hydrogen) atoms. The molecule has 0 spiro atoms. The topological polar surface area (TPSA) is 92.5 Å². The molecule has 0 aliphatic carbocycles. The van der Waals surface area contributed by atoms with Crippen LogP contribution in [0.2, 0.25) is 0 Å². The number of rotatable bonds is 2. The zero-order valence-electron chi connectivity index (χ0n) is 6.73. The lowest BCUT2D eigenvalue weighted by Crippen LogP contribution is -2.07. The van der Waals surface area contributed by atoms with E-state index in [4.69, 9.17) is 5.11 Å². The Bertz CT molecular complexity index is 393. The molecule has 0 unspecified atom stereocenters. The first-order chi connectivity index (χ1) is 6.50. The Kier molecular flexibility index (Phi) is 2.61. The van der Waals surface area contributed by atoms with Gasteiger partial charge >= 0.3 is 11.8 Å². The fourth-order valence-corrected chi connectivity index (χ4v) is 0.856. The Morgan fingerprint density at radius 2 is 2.21 bits per heavy atom. The van der Waals surface area contributed by atoms with E-state index in [2.05, 4.69) is 0 Å². The third-order valence-electron chi connectivity index (χ3n) is 1.40. The van der Waals surface area contributed by atoms with E-state index in [1.54, 1.807) is 0 Å². The molecule has 0 fully saturated rings. The fourth-order valence-electron chi connectivity index (χ4n) is 0.856. The Balaban J connectivity index is 3.00. The molecule has 0 heterocycles. The Hall–Kier alpha value is -2.18. The maximum absolute atomic E-state index is 12.9. The lowest BCUT2D eigenvalue weighted by molar-refractivity contribution is -0.387. The Labute approximate surface area is 77.1 Å². The van der Waals surface area contributed by atoms with Gasteiger partial charge in [0.15, 0.2) is 0 Å². The third-order valence-corrected chi connectivity index (χ3v) is 1.40. The summed E-state index contributed by atoms with van der Waals surface area (Å²) in [7, 11) is 0. The molecule has 7 heteroatoms. The second kappa shape index (κ2) is 3.69. The van der Waals surface area contributed by atoms with Crippen molar-refractivity contribution in [3.05, 3.63) is 34.1 Å². The highest BCUT2D eigenvalue weighted by Gasteiger charge is 2.14. The lowest BCUT2D eigenvalue weighted by atomic mass is 10.3. The van der Waals surface area contributed by atoms with Crippen LogP contribution in [0, 0.1) is 15.9 Å². The number of amides is 1. The smallest absolute Gasteiger partial charge is 0.409 e. The van der Waals surface area contributed by atoms with Gasteiger partial charge in [-0.15, -0.1) is 0 Å². The summed E-state index contributed by atoms with van der Waals surface area (Å²) < 4.78 is 12.9. The van der Waals surface area contributed by atoms with Gasteiger partial charge in [-0.1, -0.05) is 0 Å². The minimum atomic E-state index is -1.36. The van der Waals surface area contributed by atoms with Crippen molar-refractivity contribution in [1.29, 1.82) is 0 Å². The van der Waals surface area contributed by atoms with Gasteiger partial charge in [-0.2, -0.15) is 4.39 Å². The first-order valence-corrected chi connectivity index (χ1v) is 3.44. The van der Waals surface area contributed by atoms with Crippen molar-refractivity contribution in [2.45, 2.75) is 0 Å². The molecular formula is C7H5FN2O4. The van der Waals surface area contributed by atoms with E-state index in [9.17, 15) is 19.3 Å². The quantitative estimate of drug-likeness (QED) is 0.562. The molecule has 1 rings (SSSR count). The van der Waals surface area contributed by atoms with Gasteiger partial charge in [-0.3, -0.25) is 15.4 Å². The van der Waals surface area contributed by atoms with Gasteiger partial charge in [0.1, 0.15) is 0 Å². The van der Waals surface area contributed by atoms with E-state index in [0.717, 1.165) is 18.2 Å². The van der Waals surface area contributed by atoms with Gasteiger partial charge in [0.25, 0.3) is 0 Å². The van der Waals surface area contributed by atoms with Crippen LogP contribution in [0.4, 0.5) is 20.6 Å². The normalized spacial score (nSPS) is 9.50. The average molecular weight is 200 g/mol. The van der Waals surface area contributed by atoms with Crippen molar-refractivity contribution in [3.63, 3.8) is 0 Å². The van der Waals surface area contributed by atoms with Gasteiger partial charge in [-0.25, -0.2) is 4.79 Å². The van der Waals surface area contributed by atoms with E-state index in [1.165, 1.54) is 0 Å². The summed E-state index contributed by atoms with van der Waals surface area (Å²) in [4.78, 5) is 19.4. The summed E-state index contributed by atoms with van der Waals surface area (Å²) in [5, 5.41) is 20.3. The predicted molar refractivity (Wildman–Crippen MR) is 44.7 cm³/mol. The van der Waals surface area contributed by atoms with E-state index in [-0.39, 0.29) is 5.69 Å². The largest absolute Gasteiger partial charge is 0.465 e. The van der Waals surface area contributed by atoms with Crippen molar-refractivity contribution < 1.29 is 19.2 Å². The van der Waals surface area contributed by atoms with Crippen molar-refractivity contribution >= 4 is 17.5 Å². The molecule has 1 amide bonds. The molecule has 0 radical (unpaired) electrons. The Morgan fingerprint density at radius 1 is 1.57 bits per heavy atom. The molecule has 0 bridgehead atoms. The first-order valence-electron chi connectivity index (χ1n) is 3.44. The van der Waals surface area contributed by atoms with Gasteiger partial charge in [0.2, 0.25) is 5.82 Å². The van der Waals surface area contributed by atoms with Gasteiger partial charge < -0.3 is 5.11 Å². The van der Waals surface area contributed by atoms with Gasteiger partial charge in [0, 0.05) is 17.8 Å². The number of nitrogens with zero attached hydrogens (tertiary/aromatic N) is 1. The monoisotopic (exact) mass is 200 g/mol. The third kappa shape index (κ3) is 2.16. The number of nitro groups is 1. The van der Waals surface area contributed by atoms with Gasteiger partial charge in [0.05, 0.1) is 4.92 Å². The summed E-state index contributed by atoms with van der Waals surface area (Å²) >= 11 is 0. The number of nitrogens with one attached hydrogen (secondary N) is 1. The van der Waals surface area contributed by atoms with Crippen LogP contribution in [0.5, 0.6) is 0 Å². The number of carboxylic acid groups (broad SMARTS) is 1. The number of halogens is 1. The maximum atomic E-state index is 12.9. The highest BCUT2D eigenvalue weighted by atomic mass is 19.1. The number of hydrogen-bond acceptors (Lipinski definition) is 3. The standard InChI is InChI=1S/C7H5FN2O4/c8-5-3-4(9-7(11)12)1-2-6(5)10(13)14/h1-3,9H,(H,11,12). The Morgan fingerprint density at radius 3 is 2.64 bits per heavy atom. The number of benzene rings is 1. The summed E-state index contributed by atoms with van der Waals surface area (Å²) in [6.07, 6.45) is -1.36. The second-order valence-electron chi connectivity index (χ2n) is 2.35. The molecule has 6 nitrogen and oxygen atoms in total. The summed E-state index contributed by atoms with van der Waals surface area (Å²) in [6.45, 7) is 0. The number of carbonyl (C=O) groups is 1. The molecule has 0 aromatic heterocycles. The van der Waals surface area contributed by atoms with E-state index in [1.807, 2.05) is 5.32 Å². The molecule has 0 atom stereocenters. The van der Waals surface area contributed by atoms with Crippen molar-refractivity contribution in [2.75, 3.05) is 5.32 Å². The number of nitro benzene ring substituents is 1. The SMILES string of the molecule is O=C(O)Nc1ccc([N+](=O)[O-])c(F)c1. The van der Waals surface area contributed by atoms with Crippen molar-refractivity contribution in [1.82, 2.24) is 0 Å². The van der Waals surface area contributed by atoms with Crippen LogP contribution in [0.25, 0.3) is 0 Å². The average Bonchev–Trinajstić information content (AvgIpc) is 2.01. The van der Waals surface area contributed by atoms with E-state index >= 15 is 0 Å². The molecule has 74 valence electrons. The van der Waals surface area contributed by atoms with Crippen LogP contribution in [0.1, 0.15) is 0 Å². The minimum absolute atomic E-state index is 0.0550. The molecule has 0 saturated carbocycles. The molecule has 1 aromatic rings. The van der Waals surface area contributed by atoms with Crippen molar-refractivity contribution in [2.24, 2.45) is 0 Å². The van der Waals surface area contributed by atoms with Crippen molar-refractivity contribution in [3.8, 4) is 0 Å². The molecule has 0 saturated heterocycles. The predicted octanol–water partition coefficient (Wildman–Crippen LogP) is 1.82. The van der Waals surface area contributed by atoms with Crippen LogP contribution in [0.3, 0.4) is 0 Å². The first kappa shape index (κ1) is 9.90. The summed E-state index contributed by atoms with van der Waals surface area (Å²) in [5.41, 5.74) is -0.749. The lowest BCUT2D eigenvalue weighted by Gasteiger charge is -2.00. The number of hydrogen-bond donors (Lipinski definition) is 2. The molecule has 2 N–H and O–H groups in total. The molecule has 0 aliphatic heterocycles. The van der Waals surface area contributed by atoms with Crippen LogP contribution in [-0.4, -0.2) is 16.1 Å². The zero-order valence-corrected chi connectivity index (χ0v) is 6.73. The molecule has 0 aliphatic rings. The highest BCUT2D eigenvalue weighted by Crippen LogP contribution is 2.20. The zero-order chi connectivity index (χ0) is 10.7. The van der Waals surface area contributed by atoms with Gasteiger partial charge in [-0.05, 0) is 6.07 Å². The van der Waals surface area contributed by atoms with E-state index in [0.29, 0.717) is 0 Å². The van der Waals surface area contributed by atoms with Crippen LogP contribution >= 0.6 is 0 Å². The van der Waals surface area contributed by atoms with E-state index < -0.39 is 22.5 Å². The highest BCUT2D eigenvalue weighted by molar-refractivity contribution is 5.82. The van der Waals surface area contributed by atoms with Crippen LogP contribution < -0.4 is 5.32 Å². The number of anilines is 1.